The summed E-state index contributed by atoms with van der Waals surface area (Å²) in [6, 6.07) is 10.3. The number of sulfone groups is 1. The van der Waals surface area contributed by atoms with Gasteiger partial charge in [0.05, 0.1) is 18.1 Å². The SMILES string of the molecule is CN(CC(=O)N1CCCN(c2ccccc2)CC1)C1CCS(=O)(=O)C1. The van der Waals surface area contributed by atoms with Crippen molar-refractivity contribution in [2.24, 2.45) is 0 Å². The molecule has 0 aromatic heterocycles. The van der Waals surface area contributed by atoms with Crippen molar-refractivity contribution >= 4 is 21.4 Å². The molecule has 2 heterocycles. The quantitative estimate of drug-likeness (QED) is 0.791. The zero-order valence-corrected chi connectivity index (χ0v) is 15.6. The van der Waals surface area contributed by atoms with Crippen molar-refractivity contribution in [3.63, 3.8) is 0 Å². The van der Waals surface area contributed by atoms with Gasteiger partial charge in [0.15, 0.2) is 9.84 Å². The Balaban J connectivity index is 1.53. The number of hydrogen-bond donors (Lipinski definition) is 0. The van der Waals surface area contributed by atoms with Crippen LogP contribution in [0.1, 0.15) is 12.8 Å². The lowest BCUT2D eigenvalue weighted by Crippen LogP contribution is -2.44. The molecule has 6 nitrogen and oxygen atoms in total. The van der Waals surface area contributed by atoms with Crippen LogP contribution in [0, 0.1) is 0 Å². The summed E-state index contributed by atoms with van der Waals surface area (Å²) < 4.78 is 23.2. The zero-order chi connectivity index (χ0) is 17.9. The zero-order valence-electron chi connectivity index (χ0n) is 14.8. The number of rotatable bonds is 4. The molecular formula is C18H27N3O3S. The van der Waals surface area contributed by atoms with Gasteiger partial charge in [0.25, 0.3) is 0 Å². The molecule has 2 aliphatic rings. The fraction of sp³-hybridized carbons (Fsp3) is 0.611. The minimum atomic E-state index is -2.92. The molecule has 1 amide bonds. The molecule has 0 spiro atoms. The highest BCUT2D eigenvalue weighted by Crippen LogP contribution is 2.18. The second-order valence-corrected chi connectivity index (χ2v) is 9.26. The van der Waals surface area contributed by atoms with Gasteiger partial charge in [-0.15, -0.1) is 0 Å². The van der Waals surface area contributed by atoms with Gasteiger partial charge in [-0.05, 0) is 32.0 Å². The summed E-state index contributed by atoms with van der Waals surface area (Å²) >= 11 is 0. The first kappa shape index (κ1) is 18.2. The Bertz CT molecular complexity index is 693. The molecule has 1 aromatic rings. The highest BCUT2D eigenvalue weighted by atomic mass is 32.2. The number of anilines is 1. The topological polar surface area (TPSA) is 60.9 Å². The van der Waals surface area contributed by atoms with E-state index in [2.05, 4.69) is 17.0 Å². The van der Waals surface area contributed by atoms with Crippen LogP contribution in [0.25, 0.3) is 0 Å². The lowest BCUT2D eigenvalue weighted by Gasteiger charge is -2.27. The van der Waals surface area contributed by atoms with Crippen LogP contribution in [0.3, 0.4) is 0 Å². The third-order valence-electron chi connectivity index (χ3n) is 5.19. The van der Waals surface area contributed by atoms with Crippen LogP contribution in [-0.4, -0.2) is 81.4 Å². The van der Waals surface area contributed by atoms with E-state index >= 15 is 0 Å². The highest BCUT2D eigenvalue weighted by molar-refractivity contribution is 7.91. The predicted octanol–water partition coefficient (Wildman–Crippen LogP) is 0.844. The van der Waals surface area contributed by atoms with Crippen LogP contribution < -0.4 is 4.90 Å². The van der Waals surface area contributed by atoms with Crippen molar-refractivity contribution in [2.45, 2.75) is 18.9 Å². The summed E-state index contributed by atoms with van der Waals surface area (Å²) in [6.45, 7) is 3.55. The Hall–Kier alpha value is -1.60. The number of benzene rings is 1. The molecule has 7 heteroatoms. The van der Waals surface area contributed by atoms with Crippen LogP contribution >= 0.6 is 0 Å². The molecule has 0 bridgehead atoms. The first-order valence-electron chi connectivity index (χ1n) is 8.93. The van der Waals surface area contributed by atoms with Gasteiger partial charge in [0.1, 0.15) is 0 Å². The molecule has 2 fully saturated rings. The summed E-state index contributed by atoms with van der Waals surface area (Å²) in [6.07, 6.45) is 1.58. The van der Waals surface area contributed by atoms with Crippen LogP contribution in [0.4, 0.5) is 5.69 Å². The minimum Gasteiger partial charge on any atom is -0.370 e. The second kappa shape index (κ2) is 7.74. The highest BCUT2D eigenvalue weighted by Gasteiger charge is 2.32. The van der Waals surface area contributed by atoms with Gasteiger partial charge in [-0.25, -0.2) is 8.42 Å². The molecule has 3 rings (SSSR count). The third kappa shape index (κ3) is 4.73. The molecule has 138 valence electrons. The van der Waals surface area contributed by atoms with Crippen molar-refractivity contribution in [1.29, 1.82) is 0 Å². The molecule has 0 saturated carbocycles. The molecule has 1 atom stereocenters. The van der Waals surface area contributed by atoms with Gasteiger partial charge >= 0.3 is 0 Å². The summed E-state index contributed by atoms with van der Waals surface area (Å²) in [5, 5.41) is 0. The number of amides is 1. The average Bonchev–Trinajstić information content (AvgIpc) is 2.82. The first-order chi connectivity index (χ1) is 11.9. The van der Waals surface area contributed by atoms with Gasteiger partial charge in [0.2, 0.25) is 5.91 Å². The maximum atomic E-state index is 12.6. The van der Waals surface area contributed by atoms with E-state index in [0.29, 0.717) is 19.5 Å². The van der Waals surface area contributed by atoms with Gasteiger partial charge < -0.3 is 9.80 Å². The van der Waals surface area contributed by atoms with Crippen molar-refractivity contribution in [3.8, 4) is 0 Å². The molecule has 2 saturated heterocycles. The molecule has 0 radical (unpaired) electrons. The number of hydrogen-bond acceptors (Lipinski definition) is 5. The lowest BCUT2D eigenvalue weighted by atomic mass is 10.2. The first-order valence-corrected chi connectivity index (χ1v) is 10.8. The average molecular weight is 365 g/mol. The van der Waals surface area contributed by atoms with E-state index in [-0.39, 0.29) is 23.5 Å². The van der Waals surface area contributed by atoms with E-state index in [1.807, 2.05) is 35.0 Å². The number of para-hydroxylation sites is 1. The van der Waals surface area contributed by atoms with Crippen molar-refractivity contribution in [2.75, 3.05) is 56.2 Å². The Labute approximate surface area is 150 Å². The number of carbonyl (C=O) groups is 1. The standard InChI is InChI=1S/C18H27N3O3S/c1-19(17-8-13-25(23,24)15-17)14-18(22)21-10-5-9-20(11-12-21)16-6-3-2-4-7-16/h2-4,6-7,17H,5,8-15H2,1H3. The maximum absolute atomic E-state index is 12.6. The van der Waals surface area contributed by atoms with E-state index < -0.39 is 9.84 Å². The van der Waals surface area contributed by atoms with Crippen molar-refractivity contribution in [1.82, 2.24) is 9.80 Å². The summed E-state index contributed by atoms with van der Waals surface area (Å²) in [7, 11) is -1.06. The lowest BCUT2D eigenvalue weighted by molar-refractivity contribution is -0.132. The van der Waals surface area contributed by atoms with E-state index in [9.17, 15) is 13.2 Å². The summed E-state index contributed by atoms with van der Waals surface area (Å²) in [5.74, 6) is 0.520. The number of nitrogens with zero attached hydrogens (tertiary/aromatic N) is 3. The fourth-order valence-electron chi connectivity index (χ4n) is 3.63. The van der Waals surface area contributed by atoms with E-state index in [1.165, 1.54) is 5.69 Å². The Morgan fingerprint density at radius 2 is 1.92 bits per heavy atom. The van der Waals surface area contributed by atoms with Gasteiger partial charge in [0, 0.05) is 37.9 Å². The molecule has 1 aromatic carbocycles. The molecule has 2 aliphatic heterocycles. The fourth-order valence-corrected chi connectivity index (χ4v) is 5.43. The summed E-state index contributed by atoms with van der Waals surface area (Å²) in [5.41, 5.74) is 1.20. The van der Waals surface area contributed by atoms with Crippen LogP contribution in [0.2, 0.25) is 0 Å². The molecule has 0 N–H and O–H groups in total. The maximum Gasteiger partial charge on any atom is 0.236 e. The van der Waals surface area contributed by atoms with Crippen molar-refractivity contribution in [3.05, 3.63) is 30.3 Å². The van der Waals surface area contributed by atoms with Gasteiger partial charge in [-0.3, -0.25) is 9.69 Å². The second-order valence-electron chi connectivity index (χ2n) is 7.03. The van der Waals surface area contributed by atoms with Crippen LogP contribution in [-0.2, 0) is 14.6 Å². The van der Waals surface area contributed by atoms with Crippen LogP contribution in [0.5, 0.6) is 0 Å². The van der Waals surface area contributed by atoms with Gasteiger partial charge in [-0.1, -0.05) is 18.2 Å². The van der Waals surface area contributed by atoms with Crippen LogP contribution in [0.15, 0.2) is 30.3 Å². The molecule has 25 heavy (non-hydrogen) atoms. The Morgan fingerprint density at radius 3 is 2.60 bits per heavy atom. The monoisotopic (exact) mass is 365 g/mol. The predicted molar refractivity (Wildman–Crippen MR) is 99.5 cm³/mol. The third-order valence-corrected chi connectivity index (χ3v) is 6.94. The minimum absolute atomic E-state index is 0.0262. The molecule has 1 unspecified atom stereocenters. The smallest absolute Gasteiger partial charge is 0.236 e. The van der Waals surface area contributed by atoms with Gasteiger partial charge in [-0.2, -0.15) is 0 Å². The van der Waals surface area contributed by atoms with Crippen molar-refractivity contribution < 1.29 is 13.2 Å². The Morgan fingerprint density at radius 1 is 1.16 bits per heavy atom. The van der Waals surface area contributed by atoms with E-state index in [4.69, 9.17) is 0 Å². The molecular weight excluding hydrogens is 338 g/mol. The van der Waals surface area contributed by atoms with E-state index in [1.54, 1.807) is 0 Å². The summed E-state index contributed by atoms with van der Waals surface area (Å²) in [4.78, 5) is 18.8. The normalized spacial score (nSPS) is 23.7. The largest absolute Gasteiger partial charge is 0.370 e. The Kier molecular flexibility index (Phi) is 5.64. The number of likely N-dealkylation sites (N-methyl/N-ethyl adjacent to an activating group) is 1. The number of carbonyl (C=O) groups excluding carboxylic acids is 1. The van der Waals surface area contributed by atoms with E-state index in [0.717, 1.165) is 26.1 Å². The molecule has 0 aliphatic carbocycles.